The molecule has 1 fully saturated rings. The number of methoxy groups -OCH3 is 1. The number of hydrogen-bond acceptors (Lipinski definition) is 5. The average molecular weight is 326 g/mol. The van der Waals surface area contributed by atoms with E-state index in [9.17, 15) is 18.0 Å². The molecule has 1 atom stereocenters. The summed E-state index contributed by atoms with van der Waals surface area (Å²) in [6.07, 6.45) is -0.160. The third-order valence-corrected chi connectivity index (χ3v) is 4.85. The van der Waals surface area contributed by atoms with Gasteiger partial charge in [-0.05, 0) is 38.1 Å². The van der Waals surface area contributed by atoms with Crippen molar-refractivity contribution in [2.24, 2.45) is 0 Å². The van der Waals surface area contributed by atoms with Crippen LogP contribution in [0.5, 0.6) is 5.75 Å². The Bertz CT molecular complexity index is 682. The SMILES string of the molecule is COc1ccc(S(=O)(=O)N[C@H]2CC(=O)N(C(C)C)C2=O)cc1. The summed E-state index contributed by atoms with van der Waals surface area (Å²) in [5.74, 6) is -0.364. The minimum absolute atomic E-state index is 0.0107. The molecule has 0 radical (unpaired) electrons. The molecule has 0 spiro atoms. The van der Waals surface area contributed by atoms with E-state index < -0.39 is 22.0 Å². The Morgan fingerprint density at radius 3 is 2.27 bits per heavy atom. The monoisotopic (exact) mass is 326 g/mol. The summed E-state index contributed by atoms with van der Waals surface area (Å²) in [6, 6.07) is 4.43. The van der Waals surface area contributed by atoms with Crippen molar-refractivity contribution in [2.45, 2.75) is 37.2 Å². The van der Waals surface area contributed by atoms with Gasteiger partial charge in [0.2, 0.25) is 21.8 Å². The van der Waals surface area contributed by atoms with E-state index in [1.807, 2.05) is 0 Å². The van der Waals surface area contributed by atoms with Crippen molar-refractivity contribution in [2.75, 3.05) is 7.11 Å². The first kappa shape index (κ1) is 16.4. The Balaban J connectivity index is 2.18. The van der Waals surface area contributed by atoms with Crippen LogP contribution in [0.4, 0.5) is 0 Å². The highest BCUT2D eigenvalue weighted by atomic mass is 32.2. The van der Waals surface area contributed by atoms with E-state index >= 15 is 0 Å². The van der Waals surface area contributed by atoms with Crippen molar-refractivity contribution in [3.63, 3.8) is 0 Å². The first-order chi connectivity index (χ1) is 10.3. The van der Waals surface area contributed by atoms with E-state index in [0.29, 0.717) is 5.75 Å². The Hall–Kier alpha value is -1.93. The summed E-state index contributed by atoms with van der Waals surface area (Å²) >= 11 is 0. The standard InChI is InChI=1S/C14H18N2O5S/c1-9(2)16-13(17)8-12(14(16)18)15-22(19,20)11-6-4-10(21-3)5-7-11/h4-7,9,12,15H,8H2,1-3H3/t12-/m0/s1. The van der Waals surface area contributed by atoms with Crippen molar-refractivity contribution in [3.8, 4) is 5.75 Å². The number of benzene rings is 1. The molecule has 1 aromatic carbocycles. The third-order valence-electron chi connectivity index (χ3n) is 3.37. The predicted octanol–water partition coefficient (Wildman–Crippen LogP) is 0.509. The highest BCUT2D eigenvalue weighted by Crippen LogP contribution is 2.20. The Kier molecular flexibility index (Phi) is 4.52. The van der Waals surface area contributed by atoms with Gasteiger partial charge in [-0.25, -0.2) is 8.42 Å². The van der Waals surface area contributed by atoms with Gasteiger partial charge in [0.05, 0.1) is 18.4 Å². The lowest BCUT2D eigenvalue weighted by atomic mass is 10.3. The van der Waals surface area contributed by atoms with Crippen LogP contribution in [0.25, 0.3) is 0 Å². The molecule has 1 heterocycles. The zero-order valence-electron chi connectivity index (χ0n) is 12.6. The lowest BCUT2D eigenvalue weighted by Gasteiger charge is -2.19. The van der Waals surface area contributed by atoms with Gasteiger partial charge in [-0.15, -0.1) is 0 Å². The predicted molar refractivity (Wildman–Crippen MR) is 78.7 cm³/mol. The van der Waals surface area contributed by atoms with Crippen molar-refractivity contribution < 1.29 is 22.7 Å². The second-order valence-corrected chi connectivity index (χ2v) is 6.96. The van der Waals surface area contributed by atoms with Crippen LogP contribution in [0, 0.1) is 0 Å². The number of sulfonamides is 1. The molecule has 1 aliphatic heterocycles. The first-order valence-corrected chi connectivity index (χ1v) is 8.27. The molecule has 0 aliphatic carbocycles. The van der Waals surface area contributed by atoms with Gasteiger partial charge < -0.3 is 4.74 Å². The normalized spacial score (nSPS) is 19.1. The number of nitrogens with one attached hydrogen (secondary N) is 1. The van der Waals surface area contributed by atoms with Crippen LogP contribution < -0.4 is 9.46 Å². The van der Waals surface area contributed by atoms with E-state index in [2.05, 4.69) is 4.72 Å². The summed E-state index contributed by atoms with van der Waals surface area (Å²) in [4.78, 5) is 25.0. The zero-order chi connectivity index (χ0) is 16.5. The first-order valence-electron chi connectivity index (χ1n) is 6.78. The lowest BCUT2D eigenvalue weighted by Crippen LogP contribution is -2.43. The summed E-state index contributed by atoms with van der Waals surface area (Å²) in [6.45, 7) is 3.41. The van der Waals surface area contributed by atoms with Gasteiger partial charge in [0.1, 0.15) is 11.8 Å². The molecule has 0 unspecified atom stereocenters. The molecule has 2 rings (SSSR count). The summed E-state index contributed by atoms with van der Waals surface area (Å²) < 4.78 is 31.8. The van der Waals surface area contributed by atoms with Crippen LogP contribution >= 0.6 is 0 Å². The number of imide groups is 1. The van der Waals surface area contributed by atoms with Gasteiger partial charge >= 0.3 is 0 Å². The molecule has 22 heavy (non-hydrogen) atoms. The summed E-state index contributed by atoms with van der Waals surface area (Å²) in [5.41, 5.74) is 0. The van der Waals surface area contributed by atoms with E-state index in [0.717, 1.165) is 4.90 Å². The molecule has 1 saturated heterocycles. The Labute approximate surface area is 129 Å². The minimum atomic E-state index is -3.88. The molecule has 7 nitrogen and oxygen atoms in total. The second-order valence-electron chi connectivity index (χ2n) is 5.25. The van der Waals surface area contributed by atoms with Gasteiger partial charge in [0.25, 0.3) is 0 Å². The Morgan fingerprint density at radius 1 is 1.23 bits per heavy atom. The quantitative estimate of drug-likeness (QED) is 0.796. The van der Waals surface area contributed by atoms with Crippen LogP contribution in [-0.4, -0.2) is 44.3 Å². The number of ether oxygens (including phenoxy) is 1. The number of nitrogens with zero attached hydrogens (tertiary/aromatic N) is 1. The molecule has 0 saturated carbocycles. The molecule has 120 valence electrons. The Morgan fingerprint density at radius 2 is 1.82 bits per heavy atom. The molecule has 1 aliphatic rings. The van der Waals surface area contributed by atoms with Crippen LogP contribution in [0.1, 0.15) is 20.3 Å². The molecular formula is C14H18N2O5S. The highest BCUT2D eigenvalue weighted by molar-refractivity contribution is 7.89. The van der Waals surface area contributed by atoms with E-state index in [1.54, 1.807) is 13.8 Å². The topological polar surface area (TPSA) is 92.8 Å². The van der Waals surface area contributed by atoms with Crippen molar-refractivity contribution in [1.82, 2.24) is 9.62 Å². The van der Waals surface area contributed by atoms with Crippen molar-refractivity contribution >= 4 is 21.8 Å². The molecule has 1 aromatic rings. The van der Waals surface area contributed by atoms with Crippen molar-refractivity contribution in [3.05, 3.63) is 24.3 Å². The summed E-state index contributed by atoms with van der Waals surface area (Å²) in [7, 11) is -2.40. The van der Waals surface area contributed by atoms with Crippen LogP contribution in [0.3, 0.4) is 0 Å². The fourth-order valence-electron chi connectivity index (χ4n) is 2.30. The maximum absolute atomic E-state index is 12.3. The minimum Gasteiger partial charge on any atom is -0.497 e. The van der Waals surface area contributed by atoms with Crippen LogP contribution in [-0.2, 0) is 19.6 Å². The van der Waals surface area contributed by atoms with Crippen LogP contribution in [0.2, 0.25) is 0 Å². The molecule has 2 amide bonds. The number of carbonyl (C=O) groups excluding carboxylic acids is 2. The number of carbonyl (C=O) groups is 2. The largest absolute Gasteiger partial charge is 0.497 e. The van der Waals surface area contributed by atoms with E-state index in [1.165, 1.54) is 31.4 Å². The van der Waals surface area contributed by atoms with Gasteiger partial charge in [0.15, 0.2) is 0 Å². The molecule has 0 bridgehead atoms. The van der Waals surface area contributed by atoms with Gasteiger partial charge in [-0.3, -0.25) is 14.5 Å². The smallest absolute Gasteiger partial charge is 0.248 e. The molecule has 1 N–H and O–H groups in total. The van der Waals surface area contributed by atoms with Gasteiger partial charge in [-0.2, -0.15) is 4.72 Å². The van der Waals surface area contributed by atoms with Gasteiger partial charge in [-0.1, -0.05) is 0 Å². The molecular weight excluding hydrogens is 308 g/mol. The van der Waals surface area contributed by atoms with E-state index in [-0.39, 0.29) is 23.3 Å². The van der Waals surface area contributed by atoms with Gasteiger partial charge in [0, 0.05) is 6.04 Å². The number of likely N-dealkylation sites (tertiary alicyclic amines) is 1. The number of hydrogen-bond donors (Lipinski definition) is 1. The van der Waals surface area contributed by atoms with Crippen LogP contribution in [0.15, 0.2) is 29.2 Å². The number of rotatable bonds is 5. The fourth-order valence-corrected chi connectivity index (χ4v) is 3.49. The number of amides is 2. The maximum atomic E-state index is 12.3. The average Bonchev–Trinajstić information content (AvgIpc) is 2.72. The lowest BCUT2D eigenvalue weighted by molar-refractivity contribution is -0.140. The molecule has 8 heteroatoms. The zero-order valence-corrected chi connectivity index (χ0v) is 13.4. The fraction of sp³-hybridized carbons (Fsp3) is 0.429. The third kappa shape index (κ3) is 3.12. The summed E-state index contributed by atoms with van der Waals surface area (Å²) in [5, 5.41) is 0. The molecule has 0 aromatic heterocycles. The van der Waals surface area contributed by atoms with E-state index in [4.69, 9.17) is 4.74 Å². The maximum Gasteiger partial charge on any atom is 0.248 e. The second kappa shape index (κ2) is 6.05. The highest BCUT2D eigenvalue weighted by Gasteiger charge is 2.41. The van der Waals surface area contributed by atoms with Crippen molar-refractivity contribution in [1.29, 1.82) is 0 Å².